The number of nitrogens with one attached hydrogen (secondary N) is 1. The van der Waals surface area contributed by atoms with Crippen molar-refractivity contribution < 1.29 is 29.0 Å². The van der Waals surface area contributed by atoms with Crippen LogP contribution < -0.4 is 5.32 Å². The van der Waals surface area contributed by atoms with Gasteiger partial charge in [0.25, 0.3) is 5.91 Å². The Morgan fingerprint density at radius 1 is 1.21 bits per heavy atom. The van der Waals surface area contributed by atoms with Gasteiger partial charge in [-0.3, -0.25) is 14.4 Å². The van der Waals surface area contributed by atoms with Gasteiger partial charge in [-0.15, -0.1) is 0 Å². The lowest BCUT2D eigenvalue weighted by atomic mass is 10.1. The van der Waals surface area contributed by atoms with Gasteiger partial charge in [-0.2, -0.15) is 11.8 Å². The predicted molar refractivity (Wildman–Crippen MR) is 111 cm³/mol. The summed E-state index contributed by atoms with van der Waals surface area (Å²) in [6.45, 7) is 1.58. The molecule has 2 rings (SSSR count). The van der Waals surface area contributed by atoms with E-state index in [1.165, 1.54) is 6.92 Å². The minimum absolute atomic E-state index is 0.0441. The van der Waals surface area contributed by atoms with Crippen molar-refractivity contribution in [1.29, 1.82) is 0 Å². The van der Waals surface area contributed by atoms with Crippen LogP contribution in [-0.4, -0.2) is 59.3 Å². The number of benzene rings is 1. The van der Waals surface area contributed by atoms with E-state index in [1.807, 2.05) is 0 Å². The number of ketones is 1. The summed E-state index contributed by atoms with van der Waals surface area (Å²) in [7, 11) is 0. The third-order valence-corrected chi connectivity index (χ3v) is 5.98. The molecule has 0 aromatic heterocycles. The van der Waals surface area contributed by atoms with E-state index in [-0.39, 0.29) is 36.6 Å². The Hall–Kier alpha value is -1.90. The summed E-state index contributed by atoms with van der Waals surface area (Å²) >= 11 is 1.62. The van der Waals surface area contributed by atoms with Crippen LogP contribution in [0.3, 0.4) is 0 Å². The van der Waals surface area contributed by atoms with Crippen molar-refractivity contribution in [3.63, 3.8) is 0 Å². The molecule has 2 N–H and O–H groups in total. The maximum Gasteiger partial charge on any atom is 0.302 e. The van der Waals surface area contributed by atoms with E-state index in [0.29, 0.717) is 5.56 Å². The van der Waals surface area contributed by atoms with Crippen molar-refractivity contribution in [1.82, 2.24) is 5.32 Å². The van der Waals surface area contributed by atoms with Gasteiger partial charge in [-0.1, -0.05) is 31.0 Å². The Balaban J connectivity index is 1.92. The topological polar surface area (TPSA) is 102 Å². The first-order valence-corrected chi connectivity index (χ1v) is 11.0. The first-order valence-electron chi connectivity index (χ1n) is 9.91. The lowest BCUT2D eigenvalue weighted by molar-refractivity contribution is -0.156. The molecule has 0 radical (unpaired) electrons. The molecule has 1 unspecified atom stereocenters. The molecule has 0 aliphatic carbocycles. The molecule has 1 aliphatic heterocycles. The van der Waals surface area contributed by atoms with E-state index in [9.17, 15) is 14.4 Å². The lowest BCUT2D eigenvalue weighted by Crippen LogP contribution is -2.53. The van der Waals surface area contributed by atoms with E-state index in [4.69, 9.17) is 14.6 Å². The van der Waals surface area contributed by atoms with Crippen LogP contribution in [-0.2, 0) is 19.1 Å². The lowest BCUT2D eigenvalue weighted by Gasteiger charge is -2.35. The quantitative estimate of drug-likeness (QED) is 0.416. The molecular weight excluding hydrogens is 394 g/mol. The largest absolute Gasteiger partial charge is 0.463 e. The molecule has 1 amide bonds. The highest BCUT2D eigenvalue weighted by atomic mass is 32.2. The minimum atomic E-state index is -1.05. The summed E-state index contributed by atoms with van der Waals surface area (Å²) in [5.74, 6) is -0.135. The number of hydrogen-bond acceptors (Lipinski definition) is 7. The molecule has 1 aliphatic rings. The van der Waals surface area contributed by atoms with Crippen molar-refractivity contribution in [2.24, 2.45) is 0 Å². The van der Waals surface area contributed by atoms with E-state index in [0.717, 1.165) is 31.4 Å². The normalized spacial score (nSPS) is 21.6. The third kappa shape index (κ3) is 8.16. The predicted octanol–water partition coefficient (Wildman–Crippen LogP) is 2.32. The standard InChI is InChI=1S/C21H29NO6S/c1-15(24)27-14-18-19(29-12-8-3-2-7-11-23)13-17(25)21(28-18)22-20(26)16-9-5-4-6-10-16/h4-6,9-10,18-19,21,23H,2-3,7-8,11-14H2,1H3,(H,22,26)/t18-,19?,21-/m1/s1. The number of rotatable bonds is 11. The van der Waals surface area contributed by atoms with Crippen LogP contribution in [0.2, 0.25) is 0 Å². The summed E-state index contributed by atoms with van der Waals surface area (Å²) in [5.41, 5.74) is 0.444. The van der Waals surface area contributed by atoms with Gasteiger partial charge in [-0.25, -0.2) is 0 Å². The number of thioether (sulfide) groups is 1. The molecule has 7 nitrogen and oxygen atoms in total. The van der Waals surface area contributed by atoms with Gasteiger partial charge in [0, 0.05) is 30.8 Å². The van der Waals surface area contributed by atoms with Crippen molar-refractivity contribution in [3.8, 4) is 0 Å². The molecule has 160 valence electrons. The SMILES string of the molecule is CC(=O)OC[C@H]1O[C@@H](NC(=O)c2ccccc2)C(=O)CC1SCCCCCCO. The summed E-state index contributed by atoms with van der Waals surface area (Å²) in [6.07, 6.45) is 2.48. The van der Waals surface area contributed by atoms with Crippen LogP contribution >= 0.6 is 11.8 Å². The second-order valence-corrected chi connectivity index (χ2v) is 8.26. The fraction of sp³-hybridized carbons (Fsp3) is 0.571. The number of amides is 1. The number of carbonyl (C=O) groups excluding carboxylic acids is 3. The number of hydrogen-bond donors (Lipinski definition) is 2. The fourth-order valence-corrected chi connectivity index (χ4v) is 4.31. The van der Waals surface area contributed by atoms with Crippen molar-refractivity contribution >= 4 is 29.4 Å². The smallest absolute Gasteiger partial charge is 0.302 e. The maximum absolute atomic E-state index is 12.5. The first kappa shape index (κ1) is 23.4. The van der Waals surface area contributed by atoms with Crippen LogP contribution in [0.4, 0.5) is 0 Å². The molecule has 3 atom stereocenters. The molecule has 1 fully saturated rings. The first-order chi connectivity index (χ1) is 14.0. The monoisotopic (exact) mass is 423 g/mol. The second kappa shape index (κ2) is 12.6. The molecule has 29 heavy (non-hydrogen) atoms. The number of ether oxygens (including phenoxy) is 2. The van der Waals surface area contributed by atoms with Gasteiger partial charge in [0.2, 0.25) is 0 Å². The molecular formula is C21H29NO6S. The molecule has 1 aromatic carbocycles. The molecule has 1 aromatic rings. The van der Waals surface area contributed by atoms with E-state index in [2.05, 4.69) is 5.32 Å². The highest BCUT2D eigenvalue weighted by Gasteiger charge is 2.38. The molecule has 8 heteroatoms. The third-order valence-electron chi connectivity index (χ3n) is 4.55. The number of esters is 1. The average molecular weight is 424 g/mol. The van der Waals surface area contributed by atoms with Gasteiger partial charge in [0.15, 0.2) is 12.0 Å². The summed E-state index contributed by atoms with van der Waals surface area (Å²) in [5, 5.41) is 11.3. The number of carbonyl (C=O) groups is 3. The number of Topliss-reactive ketones (excluding diaryl/α,β-unsaturated/α-hetero) is 1. The summed E-state index contributed by atoms with van der Waals surface area (Å²) < 4.78 is 11.0. The average Bonchev–Trinajstić information content (AvgIpc) is 2.71. The highest BCUT2D eigenvalue weighted by Crippen LogP contribution is 2.28. The van der Waals surface area contributed by atoms with E-state index < -0.39 is 18.3 Å². The van der Waals surface area contributed by atoms with Crippen LogP contribution in [0, 0.1) is 0 Å². The minimum Gasteiger partial charge on any atom is -0.463 e. The van der Waals surface area contributed by atoms with E-state index in [1.54, 1.807) is 42.1 Å². The van der Waals surface area contributed by atoms with Gasteiger partial charge in [-0.05, 0) is 30.7 Å². The van der Waals surface area contributed by atoms with Crippen molar-refractivity contribution in [2.75, 3.05) is 19.0 Å². The van der Waals surface area contributed by atoms with Crippen LogP contribution in [0.5, 0.6) is 0 Å². The van der Waals surface area contributed by atoms with Crippen LogP contribution in [0.15, 0.2) is 30.3 Å². The summed E-state index contributed by atoms with van der Waals surface area (Å²) in [6, 6.07) is 8.62. The summed E-state index contributed by atoms with van der Waals surface area (Å²) in [4.78, 5) is 36.1. The number of aliphatic hydroxyl groups excluding tert-OH is 1. The Kier molecular flexibility index (Phi) is 10.2. The highest BCUT2D eigenvalue weighted by molar-refractivity contribution is 7.99. The molecule has 1 heterocycles. The van der Waals surface area contributed by atoms with E-state index >= 15 is 0 Å². The van der Waals surface area contributed by atoms with Crippen molar-refractivity contribution in [2.45, 2.75) is 56.6 Å². The van der Waals surface area contributed by atoms with Gasteiger partial charge in [0.1, 0.15) is 12.7 Å². The molecule has 0 spiro atoms. The van der Waals surface area contributed by atoms with Gasteiger partial charge >= 0.3 is 5.97 Å². The Morgan fingerprint density at radius 3 is 2.62 bits per heavy atom. The van der Waals surface area contributed by atoms with Crippen LogP contribution in [0.1, 0.15) is 49.4 Å². The Bertz CT molecular complexity index is 668. The molecule has 0 saturated carbocycles. The van der Waals surface area contributed by atoms with Gasteiger partial charge < -0.3 is 19.9 Å². The number of unbranched alkanes of at least 4 members (excludes halogenated alkanes) is 3. The Morgan fingerprint density at radius 2 is 1.93 bits per heavy atom. The maximum atomic E-state index is 12.5. The van der Waals surface area contributed by atoms with Gasteiger partial charge in [0.05, 0.1) is 0 Å². The number of aliphatic hydroxyl groups is 1. The molecule has 0 bridgehead atoms. The van der Waals surface area contributed by atoms with Crippen molar-refractivity contribution in [3.05, 3.63) is 35.9 Å². The Labute approximate surface area is 175 Å². The zero-order valence-corrected chi connectivity index (χ0v) is 17.5. The molecule has 1 saturated heterocycles. The fourth-order valence-electron chi connectivity index (χ4n) is 3.00. The zero-order valence-electron chi connectivity index (χ0n) is 16.7. The second-order valence-electron chi connectivity index (χ2n) is 6.91. The van der Waals surface area contributed by atoms with Crippen LogP contribution in [0.25, 0.3) is 0 Å². The zero-order chi connectivity index (χ0) is 21.1.